The molecule has 1 N–H and O–H groups in total. The molecule has 0 saturated carbocycles. The molecule has 1 atom stereocenters. The fraction of sp³-hybridized carbons (Fsp3) is 0.619. The number of hydrogen-bond acceptors (Lipinski definition) is 4. The lowest BCUT2D eigenvalue weighted by molar-refractivity contribution is 0.141. The van der Waals surface area contributed by atoms with Gasteiger partial charge in [-0.05, 0) is 73.9 Å². The summed E-state index contributed by atoms with van der Waals surface area (Å²) in [6.07, 6.45) is 8.59. The van der Waals surface area contributed by atoms with Gasteiger partial charge in [0.2, 0.25) is 0 Å². The van der Waals surface area contributed by atoms with E-state index in [0.29, 0.717) is 12.1 Å². The van der Waals surface area contributed by atoms with E-state index in [4.69, 9.17) is 9.47 Å². The monoisotopic (exact) mass is 374 g/mol. The summed E-state index contributed by atoms with van der Waals surface area (Å²) in [5, 5.41) is 1.33. The third kappa shape index (κ3) is 4.21. The number of nitrogens with zero attached hydrogens (tertiary/aromatic N) is 1. The van der Waals surface area contributed by atoms with Gasteiger partial charge in [0.05, 0.1) is 6.61 Å². The van der Waals surface area contributed by atoms with E-state index < -0.39 is 0 Å². The Labute approximate surface area is 160 Å². The summed E-state index contributed by atoms with van der Waals surface area (Å²) in [6, 6.07) is 7.16. The molecule has 2 saturated heterocycles. The highest BCUT2D eigenvalue weighted by Crippen LogP contribution is 2.30. The second kappa shape index (κ2) is 8.68. The van der Waals surface area contributed by atoms with E-state index in [2.05, 4.69) is 34.3 Å². The molecule has 0 unspecified atom stereocenters. The van der Waals surface area contributed by atoms with E-state index in [1.165, 1.54) is 60.2 Å². The van der Waals surface area contributed by atoms with Crippen LogP contribution in [0.1, 0.15) is 31.2 Å². The van der Waals surface area contributed by atoms with Crippen LogP contribution in [0.5, 0.6) is 5.75 Å². The number of likely N-dealkylation sites (tertiary alicyclic amines) is 1. The molecule has 142 valence electrons. The molecule has 26 heavy (non-hydrogen) atoms. The van der Waals surface area contributed by atoms with Crippen molar-refractivity contribution in [3.05, 3.63) is 30.0 Å². The van der Waals surface area contributed by atoms with Crippen LogP contribution in [0.25, 0.3) is 10.9 Å². The van der Waals surface area contributed by atoms with Crippen LogP contribution >= 0.6 is 11.8 Å². The summed E-state index contributed by atoms with van der Waals surface area (Å²) < 4.78 is 11.6. The largest absolute Gasteiger partial charge is 0.490 e. The predicted octanol–water partition coefficient (Wildman–Crippen LogP) is 4.10. The second-order valence-corrected chi connectivity index (χ2v) is 8.70. The Morgan fingerprint density at radius 3 is 2.96 bits per heavy atom. The van der Waals surface area contributed by atoms with Crippen LogP contribution in [-0.2, 0) is 11.2 Å². The standard InChI is InChI=1S/C21H30N2O2S/c1-24-10-9-23-8-2-3-17(23)13-16-15-22-21-5-4-19(14-20(16)21)25-18-6-11-26-12-7-18/h4-5,14-15,17-18,22H,2-3,6-13H2,1H3/t17-/m1/s1. The molecular formula is C21H30N2O2S. The van der Waals surface area contributed by atoms with E-state index in [9.17, 15) is 0 Å². The molecule has 0 aliphatic carbocycles. The zero-order chi connectivity index (χ0) is 17.8. The highest BCUT2D eigenvalue weighted by Gasteiger charge is 2.25. The van der Waals surface area contributed by atoms with Crippen LogP contribution in [0, 0.1) is 0 Å². The van der Waals surface area contributed by atoms with Crippen LogP contribution in [-0.4, -0.2) is 60.3 Å². The topological polar surface area (TPSA) is 37.5 Å². The summed E-state index contributed by atoms with van der Waals surface area (Å²) >= 11 is 2.04. The predicted molar refractivity (Wildman–Crippen MR) is 109 cm³/mol. The van der Waals surface area contributed by atoms with Crippen molar-refractivity contribution in [3.63, 3.8) is 0 Å². The molecule has 1 aromatic carbocycles. The molecule has 5 heteroatoms. The van der Waals surface area contributed by atoms with Gasteiger partial charge in [0.25, 0.3) is 0 Å². The minimum atomic E-state index is 0.385. The zero-order valence-corrected chi connectivity index (χ0v) is 16.5. The molecule has 0 amide bonds. The van der Waals surface area contributed by atoms with Crippen LogP contribution < -0.4 is 4.74 Å². The Hall–Kier alpha value is -1.17. The summed E-state index contributed by atoms with van der Waals surface area (Å²) in [7, 11) is 1.79. The maximum absolute atomic E-state index is 6.28. The van der Waals surface area contributed by atoms with Gasteiger partial charge in [-0.1, -0.05) is 0 Å². The molecular weight excluding hydrogens is 344 g/mol. The summed E-state index contributed by atoms with van der Waals surface area (Å²) in [6.45, 7) is 3.06. The lowest BCUT2D eigenvalue weighted by Gasteiger charge is -2.24. The van der Waals surface area contributed by atoms with Crippen LogP contribution in [0.15, 0.2) is 24.4 Å². The molecule has 2 aromatic rings. The maximum Gasteiger partial charge on any atom is 0.120 e. The van der Waals surface area contributed by atoms with Gasteiger partial charge in [0, 0.05) is 36.8 Å². The highest BCUT2D eigenvalue weighted by atomic mass is 32.2. The lowest BCUT2D eigenvalue weighted by atomic mass is 10.0. The van der Waals surface area contributed by atoms with Gasteiger partial charge >= 0.3 is 0 Å². The number of nitrogens with one attached hydrogen (secondary N) is 1. The molecule has 0 bridgehead atoms. The molecule has 3 heterocycles. The SMILES string of the molecule is COCCN1CCC[C@@H]1Cc1c[nH]c2ccc(OC3CCSCC3)cc12. The summed E-state index contributed by atoms with van der Waals surface area (Å²) in [4.78, 5) is 6.03. The number of H-pyrrole nitrogens is 1. The van der Waals surface area contributed by atoms with Crippen LogP contribution in [0.4, 0.5) is 0 Å². The van der Waals surface area contributed by atoms with Gasteiger partial charge in [-0.25, -0.2) is 0 Å². The number of ether oxygens (including phenoxy) is 2. The zero-order valence-electron chi connectivity index (χ0n) is 15.7. The smallest absolute Gasteiger partial charge is 0.120 e. The number of hydrogen-bond donors (Lipinski definition) is 1. The number of methoxy groups -OCH3 is 1. The van der Waals surface area contributed by atoms with Gasteiger partial charge < -0.3 is 14.5 Å². The van der Waals surface area contributed by atoms with Crippen molar-refractivity contribution in [2.24, 2.45) is 0 Å². The number of rotatable bonds is 7. The van der Waals surface area contributed by atoms with Crippen molar-refractivity contribution in [1.29, 1.82) is 0 Å². The van der Waals surface area contributed by atoms with E-state index in [1.54, 1.807) is 7.11 Å². The van der Waals surface area contributed by atoms with Crippen molar-refractivity contribution in [2.75, 3.05) is 38.3 Å². The minimum Gasteiger partial charge on any atom is -0.490 e. The Bertz CT molecular complexity index is 711. The average Bonchev–Trinajstić information content (AvgIpc) is 3.28. The first-order valence-corrected chi connectivity index (χ1v) is 11.1. The summed E-state index contributed by atoms with van der Waals surface area (Å²) in [5.41, 5.74) is 2.63. The second-order valence-electron chi connectivity index (χ2n) is 7.48. The number of thioether (sulfide) groups is 1. The van der Waals surface area contributed by atoms with Crippen LogP contribution in [0.2, 0.25) is 0 Å². The quantitative estimate of drug-likeness (QED) is 0.792. The first-order chi connectivity index (χ1) is 12.8. The molecule has 1 aromatic heterocycles. The van der Waals surface area contributed by atoms with Crippen molar-refractivity contribution < 1.29 is 9.47 Å². The molecule has 4 rings (SSSR count). The van der Waals surface area contributed by atoms with Gasteiger partial charge in [-0.2, -0.15) is 11.8 Å². The number of fused-ring (bicyclic) bond motifs is 1. The molecule has 2 aliphatic heterocycles. The number of aromatic amines is 1. The third-order valence-electron chi connectivity index (χ3n) is 5.75. The van der Waals surface area contributed by atoms with E-state index >= 15 is 0 Å². The molecule has 0 spiro atoms. The van der Waals surface area contributed by atoms with Crippen molar-refractivity contribution in [2.45, 2.75) is 44.2 Å². The van der Waals surface area contributed by atoms with E-state index in [1.807, 2.05) is 11.8 Å². The lowest BCUT2D eigenvalue weighted by Crippen LogP contribution is -2.33. The van der Waals surface area contributed by atoms with Gasteiger partial charge in [-0.3, -0.25) is 4.90 Å². The first-order valence-electron chi connectivity index (χ1n) is 9.91. The Kier molecular flexibility index (Phi) is 6.08. The maximum atomic E-state index is 6.28. The molecule has 2 fully saturated rings. The Morgan fingerprint density at radius 1 is 1.23 bits per heavy atom. The Morgan fingerprint density at radius 2 is 2.12 bits per heavy atom. The first kappa shape index (κ1) is 18.2. The summed E-state index contributed by atoms with van der Waals surface area (Å²) in [5.74, 6) is 3.47. The van der Waals surface area contributed by atoms with Gasteiger partial charge in [0.1, 0.15) is 11.9 Å². The normalized spacial score (nSPS) is 22.3. The van der Waals surface area contributed by atoms with Gasteiger partial charge in [0.15, 0.2) is 0 Å². The fourth-order valence-corrected chi connectivity index (χ4v) is 5.33. The number of aromatic nitrogens is 1. The van der Waals surface area contributed by atoms with Gasteiger partial charge in [-0.15, -0.1) is 0 Å². The molecule has 2 aliphatic rings. The van der Waals surface area contributed by atoms with E-state index in [0.717, 1.165) is 25.3 Å². The van der Waals surface area contributed by atoms with E-state index in [-0.39, 0.29) is 0 Å². The fourth-order valence-electron chi connectivity index (χ4n) is 4.27. The molecule has 4 nitrogen and oxygen atoms in total. The third-order valence-corrected chi connectivity index (χ3v) is 6.80. The Balaban J connectivity index is 1.47. The van der Waals surface area contributed by atoms with Crippen LogP contribution in [0.3, 0.4) is 0 Å². The highest BCUT2D eigenvalue weighted by molar-refractivity contribution is 7.99. The molecule has 0 radical (unpaired) electrons. The minimum absolute atomic E-state index is 0.385. The number of benzene rings is 1. The van der Waals surface area contributed by atoms with Crippen molar-refractivity contribution in [1.82, 2.24) is 9.88 Å². The van der Waals surface area contributed by atoms with Crippen molar-refractivity contribution in [3.8, 4) is 5.75 Å². The average molecular weight is 375 g/mol. The van der Waals surface area contributed by atoms with Crippen molar-refractivity contribution >= 4 is 22.7 Å².